The molecule has 1 unspecified atom stereocenters. The highest BCUT2D eigenvalue weighted by Crippen LogP contribution is 2.29. The molecule has 1 aromatic heterocycles. The van der Waals surface area contributed by atoms with Gasteiger partial charge in [0.25, 0.3) is 0 Å². The molecule has 0 aliphatic heterocycles. The highest BCUT2D eigenvalue weighted by molar-refractivity contribution is 5.42. The lowest BCUT2D eigenvalue weighted by molar-refractivity contribution is 0.168. The van der Waals surface area contributed by atoms with Crippen molar-refractivity contribution < 1.29 is 14.6 Å². The van der Waals surface area contributed by atoms with Crippen molar-refractivity contribution in [3.8, 4) is 11.5 Å². The number of aromatic nitrogens is 1. The summed E-state index contributed by atoms with van der Waals surface area (Å²) in [6.07, 6.45) is 2.51. The van der Waals surface area contributed by atoms with Crippen molar-refractivity contribution in [3.05, 3.63) is 18.0 Å². The maximum atomic E-state index is 9.35. The summed E-state index contributed by atoms with van der Waals surface area (Å²) in [5.41, 5.74) is 0.459. The molecule has 1 atom stereocenters. The summed E-state index contributed by atoms with van der Waals surface area (Å²) in [6, 6.07) is 1.76. The number of nitrogens with one attached hydrogen (secondary N) is 1. The third-order valence-electron chi connectivity index (χ3n) is 3.18. The lowest BCUT2D eigenvalue weighted by Crippen LogP contribution is -2.44. The van der Waals surface area contributed by atoms with Crippen molar-refractivity contribution in [1.82, 2.24) is 10.3 Å². The monoisotopic (exact) mass is 254 g/mol. The number of hydrogen-bond donors (Lipinski definition) is 2. The van der Waals surface area contributed by atoms with Crippen LogP contribution >= 0.6 is 0 Å². The van der Waals surface area contributed by atoms with Crippen LogP contribution in [-0.4, -0.2) is 36.5 Å². The van der Waals surface area contributed by atoms with Gasteiger partial charge in [-0.25, -0.2) is 0 Å². The summed E-state index contributed by atoms with van der Waals surface area (Å²) in [5.74, 6) is 1.29. The number of aliphatic hydroxyl groups is 1. The van der Waals surface area contributed by atoms with Gasteiger partial charge < -0.3 is 19.9 Å². The Morgan fingerprint density at radius 2 is 2.11 bits per heavy atom. The van der Waals surface area contributed by atoms with E-state index >= 15 is 0 Å². The molecule has 1 heterocycles. The molecule has 18 heavy (non-hydrogen) atoms. The van der Waals surface area contributed by atoms with Gasteiger partial charge in [-0.3, -0.25) is 4.98 Å². The molecule has 1 aromatic rings. The van der Waals surface area contributed by atoms with E-state index in [0.717, 1.165) is 12.1 Å². The zero-order valence-electron chi connectivity index (χ0n) is 11.5. The highest BCUT2D eigenvalue weighted by Gasteiger charge is 2.21. The van der Waals surface area contributed by atoms with Gasteiger partial charge in [0.1, 0.15) is 0 Å². The second-order valence-corrected chi connectivity index (χ2v) is 4.42. The quantitative estimate of drug-likeness (QED) is 0.769. The van der Waals surface area contributed by atoms with Crippen LogP contribution in [0.25, 0.3) is 0 Å². The largest absolute Gasteiger partial charge is 0.493 e. The summed E-state index contributed by atoms with van der Waals surface area (Å²) in [7, 11) is 3.19. The molecule has 0 bridgehead atoms. The Balaban J connectivity index is 2.84. The normalized spacial score (nSPS) is 14.1. The second kappa shape index (κ2) is 6.56. The predicted molar refractivity (Wildman–Crippen MR) is 70.0 cm³/mol. The first-order valence-electron chi connectivity index (χ1n) is 6.02. The molecule has 0 aromatic carbocycles. The third-order valence-corrected chi connectivity index (χ3v) is 3.18. The number of pyridine rings is 1. The third kappa shape index (κ3) is 3.34. The van der Waals surface area contributed by atoms with Crippen LogP contribution in [0.3, 0.4) is 0 Å². The van der Waals surface area contributed by atoms with Crippen LogP contribution in [0, 0.1) is 0 Å². The van der Waals surface area contributed by atoms with E-state index in [1.165, 1.54) is 0 Å². The highest BCUT2D eigenvalue weighted by atomic mass is 16.5. The van der Waals surface area contributed by atoms with Gasteiger partial charge in [-0.2, -0.15) is 0 Å². The molecule has 1 rings (SSSR count). The molecule has 0 saturated heterocycles. The van der Waals surface area contributed by atoms with E-state index < -0.39 is 0 Å². The van der Waals surface area contributed by atoms with Crippen LogP contribution in [-0.2, 0) is 6.54 Å². The zero-order chi connectivity index (χ0) is 13.6. The average molecular weight is 254 g/mol. The van der Waals surface area contributed by atoms with E-state index in [0.29, 0.717) is 18.0 Å². The Morgan fingerprint density at radius 1 is 1.39 bits per heavy atom. The maximum absolute atomic E-state index is 9.35. The van der Waals surface area contributed by atoms with E-state index in [2.05, 4.69) is 10.3 Å². The van der Waals surface area contributed by atoms with E-state index in [9.17, 15) is 5.11 Å². The number of hydrogen-bond acceptors (Lipinski definition) is 5. The standard InChI is InChI=1S/C13H22N2O3/c1-5-13(2,9-16)15-8-10-12(18-4)11(17-3)6-7-14-10/h6-7,15-16H,5,8-9H2,1-4H3. The number of ether oxygens (including phenoxy) is 2. The first kappa shape index (κ1) is 14.7. The minimum atomic E-state index is -0.310. The van der Waals surface area contributed by atoms with Gasteiger partial charge in [0.05, 0.1) is 26.5 Å². The van der Waals surface area contributed by atoms with Crippen molar-refractivity contribution in [1.29, 1.82) is 0 Å². The number of nitrogens with zero attached hydrogens (tertiary/aromatic N) is 1. The first-order chi connectivity index (χ1) is 8.60. The van der Waals surface area contributed by atoms with Crippen molar-refractivity contribution in [2.24, 2.45) is 0 Å². The number of aliphatic hydroxyl groups excluding tert-OH is 1. The van der Waals surface area contributed by atoms with E-state index in [-0.39, 0.29) is 12.1 Å². The molecule has 0 aliphatic rings. The topological polar surface area (TPSA) is 63.6 Å². The fourth-order valence-corrected chi connectivity index (χ4v) is 1.57. The van der Waals surface area contributed by atoms with Crippen LogP contribution in [0.15, 0.2) is 12.3 Å². The second-order valence-electron chi connectivity index (χ2n) is 4.42. The molecule has 0 amide bonds. The summed E-state index contributed by atoms with van der Waals surface area (Å²) >= 11 is 0. The van der Waals surface area contributed by atoms with Crippen molar-refractivity contribution in [2.45, 2.75) is 32.4 Å². The zero-order valence-corrected chi connectivity index (χ0v) is 11.5. The Hall–Kier alpha value is -1.33. The fraction of sp³-hybridized carbons (Fsp3) is 0.615. The summed E-state index contributed by atoms with van der Waals surface area (Å²) in [4.78, 5) is 4.28. The van der Waals surface area contributed by atoms with E-state index in [1.807, 2.05) is 13.8 Å². The average Bonchev–Trinajstić information content (AvgIpc) is 2.44. The molecule has 0 fully saturated rings. The molecule has 0 saturated carbocycles. The van der Waals surface area contributed by atoms with Gasteiger partial charge in [-0.05, 0) is 13.3 Å². The van der Waals surface area contributed by atoms with Crippen LogP contribution in [0.1, 0.15) is 26.0 Å². The Labute approximate surface area is 108 Å². The van der Waals surface area contributed by atoms with Gasteiger partial charge >= 0.3 is 0 Å². The smallest absolute Gasteiger partial charge is 0.183 e. The molecule has 2 N–H and O–H groups in total. The van der Waals surface area contributed by atoms with Crippen molar-refractivity contribution in [2.75, 3.05) is 20.8 Å². The molecular formula is C13H22N2O3. The Bertz CT molecular complexity index is 378. The summed E-state index contributed by atoms with van der Waals surface area (Å²) < 4.78 is 10.5. The van der Waals surface area contributed by atoms with Gasteiger partial charge in [-0.1, -0.05) is 6.92 Å². The van der Waals surface area contributed by atoms with E-state index in [1.54, 1.807) is 26.5 Å². The minimum Gasteiger partial charge on any atom is -0.493 e. The molecular weight excluding hydrogens is 232 g/mol. The lowest BCUT2D eigenvalue weighted by atomic mass is 10.0. The van der Waals surface area contributed by atoms with Gasteiger partial charge in [0.15, 0.2) is 11.5 Å². The molecule has 0 aliphatic carbocycles. The first-order valence-corrected chi connectivity index (χ1v) is 6.02. The molecule has 102 valence electrons. The van der Waals surface area contributed by atoms with Crippen molar-refractivity contribution >= 4 is 0 Å². The van der Waals surface area contributed by atoms with Crippen LogP contribution in [0.2, 0.25) is 0 Å². The van der Waals surface area contributed by atoms with Crippen LogP contribution < -0.4 is 14.8 Å². The summed E-state index contributed by atoms with van der Waals surface area (Å²) in [6.45, 7) is 4.60. The fourth-order valence-electron chi connectivity index (χ4n) is 1.57. The Morgan fingerprint density at radius 3 is 2.61 bits per heavy atom. The maximum Gasteiger partial charge on any atom is 0.183 e. The molecule has 0 spiro atoms. The Kier molecular flexibility index (Phi) is 5.37. The molecule has 5 heteroatoms. The SMILES string of the molecule is CCC(C)(CO)NCc1nccc(OC)c1OC. The number of methoxy groups -OCH3 is 2. The van der Waals surface area contributed by atoms with Gasteiger partial charge in [-0.15, -0.1) is 0 Å². The van der Waals surface area contributed by atoms with Gasteiger partial charge in [0, 0.05) is 24.3 Å². The lowest BCUT2D eigenvalue weighted by Gasteiger charge is -2.27. The number of rotatable bonds is 7. The van der Waals surface area contributed by atoms with Gasteiger partial charge in [0.2, 0.25) is 0 Å². The minimum absolute atomic E-state index is 0.0792. The predicted octanol–water partition coefficient (Wildman–Crippen LogP) is 1.35. The van der Waals surface area contributed by atoms with E-state index in [4.69, 9.17) is 9.47 Å². The van der Waals surface area contributed by atoms with Crippen LogP contribution in [0.4, 0.5) is 0 Å². The van der Waals surface area contributed by atoms with Crippen molar-refractivity contribution in [3.63, 3.8) is 0 Å². The molecule has 0 radical (unpaired) electrons. The van der Waals surface area contributed by atoms with Crippen LogP contribution in [0.5, 0.6) is 11.5 Å². The summed E-state index contributed by atoms with van der Waals surface area (Å²) in [5, 5.41) is 12.6. The molecule has 5 nitrogen and oxygen atoms in total.